The summed E-state index contributed by atoms with van der Waals surface area (Å²) in [5.74, 6) is 0.766. The molecule has 0 aliphatic heterocycles. The Morgan fingerprint density at radius 2 is 1.76 bits per heavy atom. The fourth-order valence-electron chi connectivity index (χ4n) is 2.60. The molecule has 0 fully saturated rings. The monoisotopic (exact) mass is 291 g/mol. The lowest BCUT2D eigenvalue weighted by Gasteiger charge is -2.20. The van der Waals surface area contributed by atoms with E-state index in [-0.39, 0.29) is 0 Å². The smallest absolute Gasteiger partial charge is 0.0661 e. The molecule has 21 heavy (non-hydrogen) atoms. The van der Waals surface area contributed by atoms with E-state index in [0.29, 0.717) is 6.04 Å². The Balaban J connectivity index is 2.54. The maximum Gasteiger partial charge on any atom is 0.0661 e. The fourth-order valence-corrected chi connectivity index (χ4v) is 2.60. The van der Waals surface area contributed by atoms with E-state index in [0.717, 1.165) is 38.5 Å². The van der Waals surface area contributed by atoms with E-state index in [1.165, 1.54) is 23.1 Å². The van der Waals surface area contributed by atoms with Gasteiger partial charge < -0.3 is 10.1 Å². The van der Waals surface area contributed by atoms with Gasteiger partial charge in [-0.3, -0.25) is 0 Å². The fraction of sp³-hybridized carbons (Fsp3) is 0.684. The third kappa shape index (κ3) is 7.63. The first kappa shape index (κ1) is 18.2. The number of nitrogens with one attached hydrogen (secondary N) is 1. The lowest BCUT2D eigenvalue weighted by Crippen LogP contribution is -2.26. The highest BCUT2D eigenvalue weighted by Crippen LogP contribution is 2.18. The minimum atomic E-state index is 0.308. The van der Waals surface area contributed by atoms with Crippen LogP contribution in [-0.4, -0.2) is 19.8 Å². The first-order valence-corrected chi connectivity index (χ1v) is 8.42. The number of rotatable bonds is 10. The quantitative estimate of drug-likeness (QED) is 0.625. The highest BCUT2D eigenvalue weighted by molar-refractivity contribution is 5.30. The molecule has 120 valence electrons. The molecule has 1 rings (SSSR count). The first-order chi connectivity index (χ1) is 10.0. The number of aryl methyl sites for hydroxylation is 2. The Labute approximate surface area is 131 Å². The van der Waals surface area contributed by atoms with Crippen molar-refractivity contribution < 1.29 is 4.74 Å². The maximum atomic E-state index is 5.91. The molecule has 0 saturated heterocycles. The van der Waals surface area contributed by atoms with Gasteiger partial charge >= 0.3 is 0 Å². The molecule has 0 saturated carbocycles. The van der Waals surface area contributed by atoms with Gasteiger partial charge in [-0.05, 0) is 51.1 Å². The minimum absolute atomic E-state index is 0.308. The predicted molar refractivity (Wildman–Crippen MR) is 91.8 cm³/mol. The van der Waals surface area contributed by atoms with E-state index in [1.807, 2.05) is 0 Å². The Kier molecular flexibility index (Phi) is 8.63. The molecule has 1 aromatic carbocycles. The molecule has 0 radical (unpaired) electrons. The molecule has 1 aromatic rings. The molecule has 0 spiro atoms. The van der Waals surface area contributed by atoms with Crippen LogP contribution < -0.4 is 5.32 Å². The van der Waals surface area contributed by atoms with Gasteiger partial charge in [-0.15, -0.1) is 0 Å². The van der Waals surface area contributed by atoms with Crippen molar-refractivity contribution in [2.24, 2.45) is 5.92 Å². The average Bonchev–Trinajstić information content (AvgIpc) is 2.40. The van der Waals surface area contributed by atoms with Gasteiger partial charge in [-0.2, -0.15) is 0 Å². The van der Waals surface area contributed by atoms with E-state index < -0.39 is 0 Å². The Morgan fingerprint density at radius 1 is 1.10 bits per heavy atom. The molecule has 2 nitrogen and oxygen atoms in total. The third-order valence-corrected chi connectivity index (χ3v) is 3.64. The SMILES string of the molecule is CCCNC(COCCCC(C)C)c1cc(C)cc(C)c1. The van der Waals surface area contributed by atoms with E-state index in [2.05, 4.69) is 58.1 Å². The lowest BCUT2D eigenvalue weighted by molar-refractivity contribution is 0.106. The van der Waals surface area contributed by atoms with E-state index >= 15 is 0 Å². The number of hydrogen-bond acceptors (Lipinski definition) is 2. The summed E-state index contributed by atoms with van der Waals surface area (Å²) in [6, 6.07) is 7.09. The molecule has 1 atom stereocenters. The van der Waals surface area contributed by atoms with Crippen LogP contribution in [-0.2, 0) is 4.74 Å². The van der Waals surface area contributed by atoms with Gasteiger partial charge in [0.05, 0.1) is 12.6 Å². The van der Waals surface area contributed by atoms with Gasteiger partial charge in [0.15, 0.2) is 0 Å². The van der Waals surface area contributed by atoms with Crippen molar-refractivity contribution in [2.75, 3.05) is 19.8 Å². The van der Waals surface area contributed by atoms with Crippen molar-refractivity contribution in [3.63, 3.8) is 0 Å². The topological polar surface area (TPSA) is 21.3 Å². The molecule has 0 aromatic heterocycles. The largest absolute Gasteiger partial charge is 0.379 e. The summed E-state index contributed by atoms with van der Waals surface area (Å²) in [5.41, 5.74) is 4.01. The van der Waals surface area contributed by atoms with Gasteiger partial charge in [0.2, 0.25) is 0 Å². The highest BCUT2D eigenvalue weighted by Gasteiger charge is 2.11. The summed E-state index contributed by atoms with van der Waals surface area (Å²) >= 11 is 0. The molecular formula is C19H33NO. The van der Waals surface area contributed by atoms with Crippen LogP contribution in [0.25, 0.3) is 0 Å². The van der Waals surface area contributed by atoms with Crippen molar-refractivity contribution >= 4 is 0 Å². The van der Waals surface area contributed by atoms with Crippen LogP contribution >= 0.6 is 0 Å². The standard InChI is InChI=1S/C19H33NO/c1-6-9-20-19(14-21-10-7-8-15(2)3)18-12-16(4)11-17(5)13-18/h11-13,15,19-20H,6-10,14H2,1-5H3. The van der Waals surface area contributed by atoms with Crippen LogP contribution in [0.3, 0.4) is 0 Å². The molecule has 0 amide bonds. The van der Waals surface area contributed by atoms with Crippen LogP contribution in [0.1, 0.15) is 62.8 Å². The highest BCUT2D eigenvalue weighted by atomic mass is 16.5. The summed E-state index contributed by atoms with van der Waals surface area (Å²) in [4.78, 5) is 0. The lowest BCUT2D eigenvalue weighted by atomic mass is 10.0. The molecule has 2 heteroatoms. The molecule has 1 unspecified atom stereocenters. The Hall–Kier alpha value is -0.860. The van der Waals surface area contributed by atoms with Crippen LogP contribution in [0.5, 0.6) is 0 Å². The van der Waals surface area contributed by atoms with Gasteiger partial charge in [-0.1, -0.05) is 50.1 Å². The van der Waals surface area contributed by atoms with Gasteiger partial charge in [0.25, 0.3) is 0 Å². The zero-order valence-electron chi connectivity index (χ0n) is 14.5. The molecule has 0 bridgehead atoms. The van der Waals surface area contributed by atoms with E-state index in [1.54, 1.807) is 0 Å². The normalized spacial score (nSPS) is 12.9. The van der Waals surface area contributed by atoms with Gasteiger partial charge in [0.1, 0.15) is 0 Å². The van der Waals surface area contributed by atoms with Crippen molar-refractivity contribution in [1.82, 2.24) is 5.32 Å². The molecule has 0 heterocycles. The zero-order valence-corrected chi connectivity index (χ0v) is 14.5. The summed E-state index contributed by atoms with van der Waals surface area (Å²) < 4.78 is 5.91. The number of benzene rings is 1. The van der Waals surface area contributed by atoms with E-state index in [4.69, 9.17) is 4.74 Å². The molecule has 0 aliphatic rings. The molecule has 1 N–H and O–H groups in total. The molecule has 0 aliphatic carbocycles. The second-order valence-corrected chi connectivity index (χ2v) is 6.54. The van der Waals surface area contributed by atoms with Gasteiger partial charge in [0, 0.05) is 6.61 Å². The molecular weight excluding hydrogens is 258 g/mol. The van der Waals surface area contributed by atoms with Crippen molar-refractivity contribution in [2.45, 2.75) is 59.9 Å². The van der Waals surface area contributed by atoms with E-state index in [9.17, 15) is 0 Å². The minimum Gasteiger partial charge on any atom is -0.379 e. The van der Waals surface area contributed by atoms with Crippen LogP contribution in [0, 0.1) is 19.8 Å². The predicted octanol–water partition coefficient (Wildman–Crippen LogP) is 4.80. The van der Waals surface area contributed by atoms with Crippen LogP contribution in [0.2, 0.25) is 0 Å². The third-order valence-electron chi connectivity index (χ3n) is 3.64. The second-order valence-electron chi connectivity index (χ2n) is 6.54. The van der Waals surface area contributed by atoms with Crippen LogP contribution in [0.15, 0.2) is 18.2 Å². The van der Waals surface area contributed by atoms with Crippen molar-refractivity contribution in [1.29, 1.82) is 0 Å². The summed E-state index contributed by atoms with van der Waals surface area (Å²) in [6.07, 6.45) is 3.55. The summed E-state index contributed by atoms with van der Waals surface area (Å²) in [6.45, 7) is 13.7. The van der Waals surface area contributed by atoms with Crippen molar-refractivity contribution in [3.05, 3.63) is 34.9 Å². The number of hydrogen-bond donors (Lipinski definition) is 1. The Bertz CT molecular complexity index is 380. The van der Waals surface area contributed by atoms with Crippen LogP contribution in [0.4, 0.5) is 0 Å². The summed E-state index contributed by atoms with van der Waals surface area (Å²) in [5, 5.41) is 3.61. The average molecular weight is 291 g/mol. The maximum absolute atomic E-state index is 5.91. The Morgan fingerprint density at radius 3 is 2.33 bits per heavy atom. The second kappa shape index (κ2) is 9.97. The van der Waals surface area contributed by atoms with Gasteiger partial charge in [-0.25, -0.2) is 0 Å². The first-order valence-electron chi connectivity index (χ1n) is 8.42. The number of ether oxygens (including phenoxy) is 1. The summed E-state index contributed by atoms with van der Waals surface area (Å²) in [7, 11) is 0. The zero-order chi connectivity index (χ0) is 15.7. The van der Waals surface area contributed by atoms with Crippen molar-refractivity contribution in [3.8, 4) is 0 Å².